The van der Waals surface area contributed by atoms with Crippen LogP contribution in [0.3, 0.4) is 0 Å². The summed E-state index contributed by atoms with van der Waals surface area (Å²) in [6.45, 7) is 1.52. The maximum absolute atomic E-state index is 12.2. The molecule has 0 heterocycles. The van der Waals surface area contributed by atoms with Crippen molar-refractivity contribution in [3.8, 4) is 0 Å². The molecule has 0 radical (unpaired) electrons. The summed E-state index contributed by atoms with van der Waals surface area (Å²) < 4.78 is 0. The first-order valence-electron chi connectivity index (χ1n) is 11.2. The number of aliphatic hydroxyl groups excluding tert-OH is 4. The van der Waals surface area contributed by atoms with Crippen LogP contribution >= 0.6 is 0 Å². The van der Waals surface area contributed by atoms with Crippen molar-refractivity contribution >= 4 is 11.7 Å². The van der Waals surface area contributed by atoms with E-state index in [1.807, 2.05) is 12.2 Å². The summed E-state index contributed by atoms with van der Waals surface area (Å²) >= 11 is 0. The number of carbonyl (C=O) groups excluding carboxylic acids is 2. The molecule has 0 bridgehead atoms. The van der Waals surface area contributed by atoms with Crippen LogP contribution in [0.4, 0.5) is 0 Å². The predicted octanol–water partition coefficient (Wildman–Crippen LogP) is 1.64. The zero-order chi connectivity index (χ0) is 22.4. The molecule has 30 heavy (non-hydrogen) atoms. The van der Waals surface area contributed by atoms with Crippen molar-refractivity contribution < 1.29 is 30.0 Å². The van der Waals surface area contributed by atoms with Gasteiger partial charge in [-0.25, -0.2) is 0 Å². The van der Waals surface area contributed by atoms with E-state index in [1.165, 1.54) is 0 Å². The van der Waals surface area contributed by atoms with Gasteiger partial charge in [-0.1, -0.05) is 50.5 Å². The number of amides is 1. The number of allylic oxidation sites excluding steroid dienone is 3. The average molecular weight is 426 g/mol. The molecule has 7 nitrogen and oxygen atoms in total. The van der Waals surface area contributed by atoms with Gasteiger partial charge in [0.05, 0.1) is 31.5 Å². The summed E-state index contributed by atoms with van der Waals surface area (Å²) in [4.78, 5) is 23.9. The van der Waals surface area contributed by atoms with Crippen molar-refractivity contribution in [3.63, 3.8) is 0 Å². The molecular formula is C23H39NO6. The Morgan fingerprint density at radius 2 is 1.93 bits per heavy atom. The maximum Gasteiger partial charge on any atom is 0.220 e. The van der Waals surface area contributed by atoms with Gasteiger partial charge >= 0.3 is 0 Å². The standard InChI is InChI=1S/C23H39NO6/c1-2-3-6-9-18(27)12-13-20-19(21(28)14-22(20)29)10-7-4-5-8-11-23(30)24-17(15-25)16-26/h4,7,12-13,17-21,25-28H,2-3,5-6,8-11,14-16H2,1H3,(H,24,30)/b7-4+,13-12+/t18-,19+,20+,21-/m0/s1. The molecule has 0 saturated heterocycles. The van der Waals surface area contributed by atoms with Crippen LogP contribution < -0.4 is 5.32 Å². The Morgan fingerprint density at radius 1 is 1.20 bits per heavy atom. The van der Waals surface area contributed by atoms with Gasteiger partial charge in [0.1, 0.15) is 5.78 Å². The van der Waals surface area contributed by atoms with Crippen LogP contribution in [0.25, 0.3) is 0 Å². The molecule has 4 atom stereocenters. The van der Waals surface area contributed by atoms with Gasteiger partial charge in [-0.15, -0.1) is 0 Å². The van der Waals surface area contributed by atoms with E-state index in [4.69, 9.17) is 10.2 Å². The molecule has 5 N–H and O–H groups in total. The largest absolute Gasteiger partial charge is 0.394 e. The van der Waals surface area contributed by atoms with Gasteiger partial charge in [0, 0.05) is 24.7 Å². The fourth-order valence-corrected chi connectivity index (χ4v) is 3.67. The van der Waals surface area contributed by atoms with Crippen molar-refractivity contribution in [3.05, 3.63) is 24.3 Å². The zero-order valence-corrected chi connectivity index (χ0v) is 18.1. The van der Waals surface area contributed by atoms with Crippen LogP contribution in [0, 0.1) is 11.8 Å². The lowest BCUT2D eigenvalue weighted by Gasteiger charge is -2.17. The molecule has 7 heteroatoms. The van der Waals surface area contributed by atoms with Crippen LogP contribution in [0.5, 0.6) is 0 Å². The molecule has 172 valence electrons. The first-order chi connectivity index (χ1) is 14.4. The highest BCUT2D eigenvalue weighted by molar-refractivity contribution is 5.86. The van der Waals surface area contributed by atoms with Crippen LogP contribution in [-0.4, -0.2) is 63.6 Å². The van der Waals surface area contributed by atoms with Crippen molar-refractivity contribution in [2.24, 2.45) is 11.8 Å². The monoisotopic (exact) mass is 425 g/mol. The smallest absolute Gasteiger partial charge is 0.220 e. The van der Waals surface area contributed by atoms with Gasteiger partial charge < -0.3 is 25.7 Å². The normalized spacial score (nSPS) is 23.1. The van der Waals surface area contributed by atoms with Crippen molar-refractivity contribution in [2.45, 2.75) is 83.0 Å². The second-order valence-electron chi connectivity index (χ2n) is 8.10. The second-order valence-corrected chi connectivity index (χ2v) is 8.10. The lowest BCUT2D eigenvalue weighted by atomic mass is 9.90. The number of aliphatic hydroxyl groups is 4. The van der Waals surface area contributed by atoms with E-state index in [0.29, 0.717) is 32.1 Å². The summed E-state index contributed by atoms with van der Waals surface area (Å²) in [5.74, 6) is -0.760. The van der Waals surface area contributed by atoms with Crippen LogP contribution in [0.2, 0.25) is 0 Å². The highest BCUT2D eigenvalue weighted by Crippen LogP contribution is 2.33. The predicted molar refractivity (Wildman–Crippen MR) is 116 cm³/mol. The third kappa shape index (κ3) is 9.98. The quantitative estimate of drug-likeness (QED) is 0.200. The molecule has 0 aliphatic heterocycles. The Kier molecular flexibility index (Phi) is 13.5. The number of hydrogen-bond acceptors (Lipinski definition) is 6. The van der Waals surface area contributed by atoms with E-state index in [-0.39, 0.29) is 43.2 Å². The fraction of sp³-hybridized carbons (Fsp3) is 0.739. The SMILES string of the molecule is CCCCC[C@H](O)/C=C/[C@H]1C(=O)C[C@H](O)[C@@H]1C/C=C/CCCC(=O)NC(CO)CO. The summed E-state index contributed by atoms with van der Waals surface area (Å²) in [5.41, 5.74) is 0. The Labute approximate surface area is 179 Å². The molecule has 1 amide bonds. The van der Waals surface area contributed by atoms with E-state index in [9.17, 15) is 19.8 Å². The molecule has 1 fully saturated rings. The Hall–Kier alpha value is -1.54. The molecule has 1 saturated carbocycles. The van der Waals surface area contributed by atoms with Gasteiger partial charge in [0.15, 0.2) is 0 Å². The number of rotatable bonds is 15. The van der Waals surface area contributed by atoms with Crippen molar-refractivity contribution in [2.75, 3.05) is 13.2 Å². The fourth-order valence-electron chi connectivity index (χ4n) is 3.67. The van der Waals surface area contributed by atoms with Crippen molar-refractivity contribution in [1.29, 1.82) is 0 Å². The number of unbranched alkanes of at least 4 members (excludes halogenated alkanes) is 3. The maximum atomic E-state index is 12.2. The molecule has 0 spiro atoms. The summed E-state index contributed by atoms with van der Waals surface area (Å²) in [6, 6.07) is -0.621. The zero-order valence-electron chi connectivity index (χ0n) is 18.1. The molecule has 1 aliphatic carbocycles. The van der Waals surface area contributed by atoms with Gasteiger partial charge in [-0.05, 0) is 25.7 Å². The van der Waals surface area contributed by atoms with Gasteiger partial charge in [-0.3, -0.25) is 9.59 Å². The molecule has 0 aromatic carbocycles. The van der Waals surface area contributed by atoms with E-state index in [2.05, 4.69) is 12.2 Å². The molecule has 1 rings (SSSR count). The minimum absolute atomic E-state index is 0.0110. The van der Waals surface area contributed by atoms with Gasteiger partial charge in [-0.2, -0.15) is 0 Å². The molecule has 0 aromatic heterocycles. The molecule has 0 unspecified atom stereocenters. The Bertz CT molecular complexity index is 558. The summed E-state index contributed by atoms with van der Waals surface area (Å²) in [6.07, 6.45) is 12.2. The van der Waals surface area contributed by atoms with E-state index >= 15 is 0 Å². The lowest BCUT2D eigenvalue weighted by molar-refractivity contribution is -0.122. The topological polar surface area (TPSA) is 127 Å². The second kappa shape index (κ2) is 15.3. The van der Waals surface area contributed by atoms with Gasteiger partial charge in [0.25, 0.3) is 0 Å². The van der Waals surface area contributed by atoms with E-state index in [0.717, 1.165) is 19.3 Å². The molecule has 1 aliphatic rings. The Morgan fingerprint density at radius 3 is 2.60 bits per heavy atom. The summed E-state index contributed by atoms with van der Waals surface area (Å²) in [5, 5.41) is 40.7. The average Bonchev–Trinajstić information content (AvgIpc) is 2.99. The number of hydrogen-bond donors (Lipinski definition) is 5. The van der Waals surface area contributed by atoms with Crippen LogP contribution in [-0.2, 0) is 9.59 Å². The lowest BCUT2D eigenvalue weighted by Crippen LogP contribution is -2.39. The highest BCUT2D eigenvalue weighted by atomic mass is 16.3. The first-order valence-corrected chi connectivity index (χ1v) is 11.2. The van der Waals surface area contributed by atoms with Crippen LogP contribution in [0.1, 0.15) is 64.7 Å². The Balaban J connectivity index is 2.40. The number of carbonyl (C=O) groups is 2. The third-order valence-electron chi connectivity index (χ3n) is 5.54. The number of ketones is 1. The molecule has 0 aromatic rings. The van der Waals surface area contributed by atoms with E-state index < -0.39 is 18.2 Å². The molecular weight excluding hydrogens is 386 g/mol. The van der Waals surface area contributed by atoms with Gasteiger partial charge in [0.2, 0.25) is 5.91 Å². The minimum atomic E-state index is -0.672. The van der Waals surface area contributed by atoms with Crippen LogP contribution in [0.15, 0.2) is 24.3 Å². The van der Waals surface area contributed by atoms with Crippen molar-refractivity contribution in [1.82, 2.24) is 5.32 Å². The first kappa shape index (κ1) is 26.5. The number of nitrogens with one attached hydrogen (secondary N) is 1. The van der Waals surface area contributed by atoms with E-state index in [1.54, 1.807) is 12.2 Å². The third-order valence-corrected chi connectivity index (χ3v) is 5.54. The summed E-state index contributed by atoms with van der Waals surface area (Å²) in [7, 11) is 0. The highest BCUT2D eigenvalue weighted by Gasteiger charge is 2.39. The number of Topliss-reactive ketones (excluding diaryl/α,β-unsaturated/α-hetero) is 1. The minimum Gasteiger partial charge on any atom is -0.394 e.